The van der Waals surface area contributed by atoms with Crippen LogP contribution < -0.4 is 4.90 Å². The molecule has 0 radical (unpaired) electrons. The second-order valence-electron chi connectivity index (χ2n) is 6.31. The van der Waals surface area contributed by atoms with Crippen LogP contribution in [0.4, 0.5) is 10.5 Å². The molecule has 0 atom stereocenters. The molecule has 1 heterocycles. The second kappa shape index (κ2) is 6.93. The van der Waals surface area contributed by atoms with E-state index in [4.69, 9.17) is 4.74 Å². The highest BCUT2D eigenvalue weighted by Gasteiger charge is 2.23. The van der Waals surface area contributed by atoms with Crippen LogP contribution in [0, 0.1) is 20.8 Å². The normalized spacial score (nSPS) is 14.2. The number of hydrogen-bond donors (Lipinski definition) is 0. The summed E-state index contributed by atoms with van der Waals surface area (Å²) in [4.78, 5) is 25.7. The van der Waals surface area contributed by atoms with Crippen LogP contribution in [-0.2, 0) is 4.74 Å². The number of amides is 1. The molecule has 0 aromatic heterocycles. The van der Waals surface area contributed by atoms with Gasteiger partial charge in [-0.3, -0.25) is 9.69 Å². The number of hydrogen-bond acceptors (Lipinski definition) is 3. The minimum atomic E-state index is -0.370. The maximum atomic E-state index is 12.5. The molecule has 0 unspecified atom stereocenters. The first-order chi connectivity index (χ1) is 12.0. The molecule has 3 rings (SSSR count). The van der Waals surface area contributed by atoms with Gasteiger partial charge in [-0.05, 0) is 61.2 Å². The lowest BCUT2D eigenvalue weighted by atomic mass is 10.00. The number of carbonyl (C=O) groups excluding carboxylic acids is 2. The van der Waals surface area contributed by atoms with E-state index in [1.807, 2.05) is 13.0 Å². The number of aryl methyl sites for hydroxylation is 3. The van der Waals surface area contributed by atoms with Crippen molar-refractivity contribution >= 4 is 23.6 Å². The summed E-state index contributed by atoms with van der Waals surface area (Å²) in [6.45, 7) is 7.07. The number of allylic oxidation sites excluding steroid dienone is 1. The highest BCUT2D eigenvalue weighted by Crippen LogP contribution is 2.21. The van der Waals surface area contributed by atoms with E-state index < -0.39 is 0 Å². The van der Waals surface area contributed by atoms with Crippen molar-refractivity contribution in [1.29, 1.82) is 0 Å². The number of cyclic esters (lactones) is 1. The highest BCUT2D eigenvalue weighted by atomic mass is 16.6. The number of benzene rings is 2. The Hall–Kier alpha value is -2.88. The van der Waals surface area contributed by atoms with Crippen LogP contribution in [0.1, 0.15) is 32.6 Å². The monoisotopic (exact) mass is 335 g/mol. The van der Waals surface area contributed by atoms with Gasteiger partial charge in [0.15, 0.2) is 5.78 Å². The lowest BCUT2D eigenvalue weighted by Crippen LogP contribution is -2.23. The number of ketones is 1. The number of carbonyl (C=O) groups is 2. The fourth-order valence-corrected chi connectivity index (χ4v) is 2.88. The topological polar surface area (TPSA) is 46.6 Å². The van der Waals surface area contributed by atoms with Gasteiger partial charge in [-0.15, -0.1) is 0 Å². The first-order valence-electron chi connectivity index (χ1n) is 8.30. The molecule has 1 aliphatic heterocycles. The van der Waals surface area contributed by atoms with E-state index in [1.54, 1.807) is 30.3 Å². The van der Waals surface area contributed by atoms with Gasteiger partial charge in [-0.1, -0.05) is 30.3 Å². The fourth-order valence-electron chi connectivity index (χ4n) is 2.88. The van der Waals surface area contributed by atoms with Crippen molar-refractivity contribution < 1.29 is 14.3 Å². The Bertz CT molecular complexity index is 867. The SMILES string of the molecule is Cc1cc(C)c(/C=C/C(=O)c2cccc(N3CCOC3=O)c2)cc1C. The lowest BCUT2D eigenvalue weighted by molar-refractivity contribution is 0.104. The van der Waals surface area contributed by atoms with Gasteiger partial charge >= 0.3 is 6.09 Å². The maximum Gasteiger partial charge on any atom is 0.414 e. The third-order valence-electron chi connectivity index (χ3n) is 4.50. The van der Waals surface area contributed by atoms with Gasteiger partial charge < -0.3 is 4.74 Å². The molecule has 128 valence electrons. The van der Waals surface area contributed by atoms with Gasteiger partial charge in [0.2, 0.25) is 0 Å². The smallest absolute Gasteiger partial charge is 0.414 e. The quantitative estimate of drug-likeness (QED) is 0.612. The highest BCUT2D eigenvalue weighted by molar-refractivity contribution is 6.07. The predicted octanol–water partition coefficient (Wildman–Crippen LogP) is 4.46. The predicted molar refractivity (Wildman–Crippen MR) is 99.2 cm³/mol. The van der Waals surface area contributed by atoms with Gasteiger partial charge in [0.05, 0.1) is 6.54 Å². The van der Waals surface area contributed by atoms with Gasteiger partial charge in [0.1, 0.15) is 6.61 Å². The minimum absolute atomic E-state index is 0.0907. The zero-order chi connectivity index (χ0) is 18.0. The molecule has 25 heavy (non-hydrogen) atoms. The molecule has 4 heteroatoms. The largest absolute Gasteiger partial charge is 0.447 e. The average Bonchev–Trinajstić information content (AvgIpc) is 3.03. The van der Waals surface area contributed by atoms with E-state index in [9.17, 15) is 9.59 Å². The summed E-state index contributed by atoms with van der Waals surface area (Å²) in [6.07, 6.45) is 3.06. The Morgan fingerprint density at radius 1 is 1.08 bits per heavy atom. The summed E-state index contributed by atoms with van der Waals surface area (Å²) >= 11 is 0. The first-order valence-corrected chi connectivity index (χ1v) is 8.30. The maximum absolute atomic E-state index is 12.5. The van der Waals surface area contributed by atoms with Crippen LogP contribution in [0.25, 0.3) is 6.08 Å². The van der Waals surface area contributed by atoms with Crippen molar-refractivity contribution in [3.05, 3.63) is 70.3 Å². The Balaban J connectivity index is 1.82. The summed E-state index contributed by atoms with van der Waals surface area (Å²) < 4.78 is 4.95. The van der Waals surface area contributed by atoms with E-state index in [-0.39, 0.29) is 11.9 Å². The molecular weight excluding hydrogens is 314 g/mol. The van der Waals surface area contributed by atoms with Crippen molar-refractivity contribution in [1.82, 2.24) is 0 Å². The molecule has 1 amide bonds. The van der Waals surface area contributed by atoms with Crippen LogP contribution in [-0.4, -0.2) is 25.0 Å². The zero-order valence-electron chi connectivity index (χ0n) is 14.7. The second-order valence-corrected chi connectivity index (χ2v) is 6.31. The van der Waals surface area contributed by atoms with Gasteiger partial charge in [0, 0.05) is 11.3 Å². The van der Waals surface area contributed by atoms with Crippen molar-refractivity contribution in [3.63, 3.8) is 0 Å². The molecule has 0 aliphatic carbocycles. The van der Waals surface area contributed by atoms with Crippen LogP contribution >= 0.6 is 0 Å². The summed E-state index contributed by atoms with van der Waals surface area (Å²) in [7, 11) is 0. The first kappa shape index (κ1) is 17.0. The van der Waals surface area contributed by atoms with E-state index in [2.05, 4.69) is 26.0 Å². The number of ether oxygens (including phenoxy) is 1. The Morgan fingerprint density at radius 3 is 2.56 bits per heavy atom. The molecule has 1 fully saturated rings. The standard InChI is InChI=1S/C21H21NO3/c1-14-11-16(3)17(12-15(14)2)7-8-20(23)18-5-4-6-19(13-18)22-9-10-25-21(22)24/h4-8,11-13H,9-10H2,1-3H3/b8-7+. The van der Waals surface area contributed by atoms with Gasteiger partial charge in [-0.25, -0.2) is 4.79 Å². The van der Waals surface area contributed by atoms with E-state index in [0.29, 0.717) is 24.4 Å². The Kier molecular flexibility index (Phi) is 4.70. The molecule has 0 spiro atoms. The van der Waals surface area contributed by atoms with Crippen molar-refractivity contribution in [3.8, 4) is 0 Å². The summed E-state index contributed by atoms with van der Waals surface area (Å²) in [6, 6.07) is 11.3. The molecule has 1 saturated heterocycles. The zero-order valence-corrected chi connectivity index (χ0v) is 14.7. The third-order valence-corrected chi connectivity index (χ3v) is 4.50. The third kappa shape index (κ3) is 3.63. The molecule has 2 aromatic rings. The molecule has 0 saturated carbocycles. The minimum Gasteiger partial charge on any atom is -0.447 e. The van der Waals surface area contributed by atoms with Crippen LogP contribution in [0.5, 0.6) is 0 Å². The van der Waals surface area contributed by atoms with Crippen LogP contribution in [0.15, 0.2) is 42.5 Å². The Labute approximate surface area is 147 Å². The summed E-state index contributed by atoms with van der Waals surface area (Å²) in [5.74, 6) is -0.0907. The number of rotatable bonds is 4. The molecule has 0 N–H and O–H groups in total. The average molecular weight is 335 g/mol. The van der Waals surface area contributed by atoms with Crippen LogP contribution in [0.2, 0.25) is 0 Å². The number of anilines is 1. The summed E-state index contributed by atoms with van der Waals surface area (Å²) in [5, 5.41) is 0. The molecule has 1 aliphatic rings. The molecule has 4 nitrogen and oxygen atoms in total. The Morgan fingerprint density at radius 2 is 1.84 bits per heavy atom. The summed E-state index contributed by atoms with van der Waals surface area (Å²) in [5.41, 5.74) is 5.86. The number of nitrogens with zero attached hydrogens (tertiary/aromatic N) is 1. The fraction of sp³-hybridized carbons (Fsp3) is 0.238. The van der Waals surface area contributed by atoms with Gasteiger partial charge in [0.25, 0.3) is 0 Å². The van der Waals surface area contributed by atoms with E-state index >= 15 is 0 Å². The van der Waals surface area contributed by atoms with E-state index in [1.165, 1.54) is 16.0 Å². The lowest BCUT2D eigenvalue weighted by Gasteiger charge is -2.13. The van der Waals surface area contributed by atoms with Crippen molar-refractivity contribution in [2.75, 3.05) is 18.1 Å². The van der Waals surface area contributed by atoms with Crippen molar-refractivity contribution in [2.45, 2.75) is 20.8 Å². The van der Waals surface area contributed by atoms with Crippen molar-refractivity contribution in [2.24, 2.45) is 0 Å². The molecule has 2 aromatic carbocycles. The molecular formula is C21H21NO3. The van der Waals surface area contributed by atoms with Gasteiger partial charge in [-0.2, -0.15) is 0 Å². The van der Waals surface area contributed by atoms with E-state index in [0.717, 1.165) is 11.1 Å². The molecule has 0 bridgehead atoms. The van der Waals surface area contributed by atoms with Crippen LogP contribution in [0.3, 0.4) is 0 Å².